The van der Waals surface area contributed by atoms with Gasteiger partial charge < -0.3 is 20.0 Å². The highest BCUT2D eigenvalue weighted by Gasteiger charge is 2.38. The Hall–Kier alpha value is -2.08. The molecular weight excluding hydrogens is 316 g/mol. The summed E-state index contributed by atoms with van der Waals surface area (Å²) < 4.78 is 5.85. The number of carbonyl (C=O) groups excluding carboxylic acids is 1. The first kappa shape index (κ1) is 16.4. The molecule has 1 atom stereocenters. The van der Waals surface area contributed by atoms with Crippen LogP contribution < -0.4 is 10.6 Å². The number of hydrogen-bond donors (Lipinski definition) is 1. The lowest BCUT2D eigenvalue weighted by atomic mass is 9.90. The molecule has 1 aromatic carbocycles. The predicted molar refractivity (Wildman–Crippen MR) is 97.3 cm³/mol. The van der Waals surface area contributed by atoms with Crippen LogP contribution in [-0.4, -0.2) is 48.5 Å². The van der Waals surface area contributed by atoms with Gasteiger partial charge in [0.2, 0.25) is 5.91 Å². The second-order valence-corrected chi connectivity index (χ2v) is 7.75. The average molecular weight is 342 g/mol. The van der Waals surface area contributed by atoms with Crippen molar-refractivity contribution in [2.75, 3.05) is 37.6 Å². The number of piperidine rings is 1. The molecule has 2 N–H and O–H groups in total. The summed E-state index contributed by atoms with van der Waals surface area (Å²) in [6, 6.07) is 8.48. The van der Waals surface area contributed by atoms with Gasteiger partial charge in [0, 0.05) is 32.1 Å². The molecule has 1 unspecified atom stereocenters. The van der Waals surface area contributed by atoms with E-state index in [-0.39, 0.29) is 11.3 Å². The number of anilines is 1. The van der Waals surface area contributed by atoms with Gasteiger partial charge >= 0.3 is 0 Å². The van der Waals surface area contributed by atoms with E-state index in [4.69, 9.17) is 10.2 Å². The third-order valence-corrected chi connectivity index (χ3v) is 5.76. The minimum atomic E-state index is 0.0918. The first-order valence-corrected chi connectivity index (χ1v) is 9.17. The van der Waals surface area contributed by atoms with Crippen LogP contribution in [0.2, 0.25) is 0 Å². The fraction of sp³-hybridized carbons (Fsp3) is 0.579. The van der Waals surface area contributed by atoms with Gasteiger partial charge in [-0.15, -0.1) is 0 Å². The number of nitrogens with two attached hydrogens (primary N) is 1. The van der Waals surface area contributed by atoms with E-state index >= 15 is 0 Å². The quantitative estimate of drug-likeness (QED) is 0.926. The Morgan fingerprint density at radius 1 is 1.32 bits per heavy atom. The maximum atomic E-state index is 12.8. The number of para-hydroxylation sites is 2. The van der Waals surface area contributed by atoms with E-state index in [1.54, 1.807) is 0 Å². The third-order valence-electron chi connectivity index (χ3n) is 5.76. The smallest absolute Gasteiger partial charge is 0.298 e. The fourth-order valence-corrected chi connectivity index (χ4v) is 3.95. The summed E-state index contributed by atoms with van der Waals surface area (Å²) in [4.78, 5) is 21.6. The second kappa shape index (κ2) is 6.33. The van der Waals surface area contributed by atoms with Crippen molar-refractivity contribution < 1.29 is 9.21 Å². The summed E-state index contributed by atoms with van der Waals surface area (Å²) in [5.74, 6) is 0.412. The van der Waals surface area contributed by atoms with Gasteiger partial charge in [-0.05, 0) is 43.4 Å². The van der Waals surface area contributed by atoms with E-state index < -0.39 is 0 Å². The Bertz CT molecular complexity index is 733. The van der Waals surface area contributed by atoms with E-state index in [1.807, 2.05) is 29.2 Å². The van der Waals surface area contributed by atoms with Gasteiger partial charge in [-0.3, -0.25) is 4.79 Å². The van der Waals surface area contributed by atoms with Crippen LogP contribution in [0, 0.1) is 11.3 Å². The fourth-order valence-electron chi connectivity index (χ4n) is 3.95. The van der Waals surface area contributed by atoms with Crippen LogP contribution in [0.4, 0.5) is 6.01 Å². The van der Waals surface area contributed by atoms with E-state index in [1.165, 1.54) is 0 Å². The van der Waals surface area contributed by atoms with Gasteiger partial charge in [-0.2, -0.15) is 4.98 Å². The first-order valence-electron chi connectivity index (χ1n) is 9.17. The zero-order chi connectivity index (χ0) is 17.4. The molecule has 0 bridgehead atoms. The minimum absolute atomic E-state index is 0.0918. The Morgan fingerprint density at radius 2 is 2.08 bits per heavy atom. The largest absolute Gasteiger partial charge is 0.423 e. The SMILES string of the molecule is CC1(CN)CCN(C(=O)C2CCN(c3nc4ccccc4o3)CC2)C1. The lowest BCUT2D eigenvalue weighted by Gasteiger charge is -2.32. The van der Waals surface area contributed by atoms with Crippen molar-refractivity contribution in [3.63, 3.8) is 0 Å². The number of oxazole rings is 1. The van der Waals surface area contributed by atoms with Crippen LogP contribution in [0.15, 0.2) is 28.7 Å². The Kier molecular flexibility index (Phi) is 4.15. The molecule has 2 aliphatic rings. The number of benzene rings is 1. The van der Waals surface area contributed by atoms with Crippen LogP contribution >= 0.6 is 0 Å². The van der Waals surface area contributed by atoms with Crippen molar-refractivity contribution in [1.29, 1.82) is 0 Å². The summed E-state index contributed by atoms with van der Waals surface area (Å²) in [6.45, 7) is 6.09. The maximum absolute atomic E-state index is 12.8. The zero-order valence-corrected chi connectivity index (χ0v) is 14.8. The van der Waals surface area contributed by atoms with Gasteiger partial charge in [-0.1, -0.05) is 19.1 Å². The number of likely N-dealkylation sites (tertiary alicyclic amines) is 1. The van der Waals surface area contributed by atoms with Crippen molar-refractivity contribution in [2.45, 2.75) is 26.2 Å². The Balaban J connectivity index is 1.37. The van der Waals surface area contributed by atoms with Gasteiger partial charge in [0.25, 0.3) is 6.01 Å². The molecule has 0 saturated carbocycles. The summed E-state index contributed by atoms with van der Waals surface area (Å²) >= 11 is 0. The second-order valence-electron chi connectivity index (χ2n) is 7.75. The van der Waals surface area contributed by atoms with Crippen LogP contribution in [0.1, 0.15) is 26.2 Å². The average Bonchev–Trinajstić information content (AvgIpc) is 3.25. The Morgan fingerprint density at radius 3 is 2.76 bits per heavy atom. The number of hydrogen-bond acceptors (Lipinski definition) is 5. The lowest BCUT2D eigenvalue weighted by molar-refractivity contribution is -0.135. The van der Waals surface area contributed by atoms with Gasteiger partial charge in [-0.25, -0.2) is 0 Å². The standard InChI is InChI=1S/C19H26N4O2/c1-19(12-20)8-11-23(13-19)17(24)14-6-9-22(10-7-14)18-21-15-4-2-3-5-16(15)25-18/h2-5,14H,6-13,20H2,1H3. The molecule has 3 heterocycles. The molecule has 0 aliphatic carbocycles. The van der Waals surface area contributed by atoms with E-state index in [9.17, 15) is 4.79 Å². The van der Waals surface area contributed by atoms with Crippen molar-refractivity contribution in [3.8, 4) is 0 Å². The molecule has 6 heteroatoms. The number of nitrogens with zero attached hydrogens (tertiary/aromatic N) is 3. The molecule has 6 nitrogen and oxygen atoms in total. The monoisotopic (exact) mass is 342 g/mol. The highest BCUT2D eigenvalue weighted by atomic mass is 16.4. The van der Waals surface area contributed by atoms with Crippen molar-refractivity contribution in [3.05, 3.63) is 24.3 Å². The van der Waals surface area contributed by atoms with Gasteiger partial charge in [0.05, 0.1) is 0 Å². The molecule has 2 aliphatic heterocycles. The minimum Gasteiger partial charge on any atom is -0.423 e. The number of rotatable bonds is 3. The van der Waals surface area contributed by atoms with Crippen LogP contribution in [-0.2, 0) is 4.79 Å². The van der Waals surface area contributed by atoms with Gasteiger partial charge in [0.1, 0.15) is 5.52 Å². The number of aromatic nitrogens is 1. The topological polar surface area (TPSA) is 75.6 Å². The van der Waals surface area contributed by atoms with Crippen LogP contribution in [0.25, 0.3) is 11.1 Å². The number of fused-ring (bicyclic) bond motifs is 1. The molecule has 1 amide bonds. The molecular formula is C19H26N4O2. The zero-order valence-electron chi connectivity index (χ0n) is 14.8. The third kappa shape index (κ3) is 3.11. The summed E-state index contributed by atoms with van der Waals surface area (Å²) in [7, 11) is 0. The van der Waals surface area contributed by atoms with Gasteiger partial charge in [0.15, 0.2) is 5.58 Å². The number of amides is 1. The summed E-state index contributed by atoms with van der Waals surface area (Å²) in [5.41, 5.74) is 7.65. The Labute approximate surface area is 148 Å². The van der Waals surface area contributed by atoms with E-state index in [0.717, 1.165) is 56.5 Å². The lowest BCUT2D eigenvalue weighted by Crippen LogP contribution is -2.43. The molecule has 134 valence electrons. The van der Waals surface area contributed by atoms with E-state index in [2.05, 4.69) is 16.8 Å². The molecule has 1 aromatic heterocycles. The molecule has 0 spiro atoms. The number of carbonyl (C=O) groups is 1. The molecule has 2 fully saturated rings. The summed E-state index contributed by atoms with van der Waals surface area (Å²) in [6.07, 6.45) is 2.72. The highest BCUT2D eigenvalue weighted by Crippen LogP contribution is 2.32. The first-order chi connectivity index (χ1) is 12.1. The summed E-state index contributed by atoms with van der Waals surface area (Å²) in [5, 5.41) is 0. The van der Waals surface area contributed by atoms with Crippen LogP contribution in [0.3, 0.4) is 0 Å². The molecule has 25 heavy (non-hydrogen) atoms. The van der Waals surface area contributed by atoms with Crippen molar-refractivity contribution in [1.82, 2.24) is 9.88 Å². The van der Waals surface area contributed by atoms with E-state index in [0.29, 0.717) is 18.5 Å². The van der Waals surface area contributed by atoms with Crippen molar-refractivity contribution >= 4 is 23.0 Å². The highest BCUT2D eigenvalue weighted by molar-refractivity contribution is 5.79. The molecule has 2 saturated heterocycles. The maximum Gasteiger partial charge on any atom is 0.298 e. The molecule has 4 rings (SSSR count). The molecule has 0 radical (unpaired) electrons. The normalized spacial score (nSPS) is 25.0. The molecule has 2 aromatic rings. The van der Waals surface area contributed by atoms with Crippen molar-refractivity contribution in [2.24, 2.45) is 17.1 Å². The van der Waals surface area contributed by atoms with Crippen LogP contribution in [0.5, 0.6) is 0 Å². The predicted octanol–water partition coefficient (Wildman–Crippen LogP) is 2.24.